The number of ether oxygens (including phenoxy) is 2. The van der Waals surface area contributed by atoms with Crippen LogP contribution in [0.4, 0.5) is 0 Å². The van der Waals surface area contributed by atoms with Gasteiger partial charge in [0.05, 0.1) is 18.7 Å². The normalized spacial score (nSPS) is 11.7. The number of methoxy groups -OCH3 is 1. The number of hydrogen-bond acceptors (Lipinski definition) is 4. The topological polar surface area (TPSA) is 60.1 Å². The van der Waals surface area contributed by atoms with E-state index in [0.717, 1.165) is 5.82 Å². The minimum Gasteiger partial charge on any atom is -0.493 e. The third kappa shape index (κ3) is 2.68. The fourth-order valence-corrected chi connectivity index (χ4v) is 1.85. The summed E-state index contributed by atoms with van der Waals surface area (Å²) in [6.07, 6.45) is 3.39. The first-order valence-electron chi connectivity index (χ1n) is 5.87. The molecule has 2 rings (SSSR count). The van der Waals surface area contributed by atoms with Crippen molar-refractivity contribution in [2.24, 2.45) is 7.05 Å². The van der Waals surface area contributed by atoms with Crippen molar-refractivity contribution in [3.63, 3.8) is 0 Å². The molecule has 1 aromatic heterocycles. The lowest BCUT2D eigenvalue weighted by molar-refractivity contribution is 0.203. The van der Waals surface area contributed by atoms with E-state index in [0.29, 0.717) is 17.1 Å². The van der Waals surface area contributed by atoms with Crippen LogP contribution in [-0.2, 0) is 7.05 Å². The maximum Gasteiger partial charge on any atom is 0.162 e. The van der Waals surface area contributed by atoms with E-state index < -0.39 is 0 Å². The largest absolute Gasteiger partial charge is 0.493 e. The van der Waals surface area contributed by atoms with Crippen LogP contribution in [0.25, 0.3) is 0 Å². The first kappa shape index (κ1) is 13.0. The molecule has 0 saturated heterocycles. The van der Waals surface area contributed by atoms with Crippen LogP contribution in [0, 0.1) is 11.3 Å². The number of aromatic nitrogens is 2. The second kappa shape index (κ2) is 5.44. The first-order chi connectivity index (χ1) is 9.15. The van der Waals surface area contributed by atoms with Gasteiger partial charge in [0, 0.05) is 25.5 Å². The van der Waals surface area contributed by atoms with Crippen molar-refractivity contribution in [3.8, 4) is 17.6 Å². The number of hydrogen-bond donors (Lipinski definition) is 0. The Morgan fingerprint density at radius 2 is 2.16 bits per heavy atom. The lowest BCUT2D eigenvalue weighted by Gasteiger charge is -2.16. The molecule has 0 fully saturated rings. The van der Waals surface area contributed by atoms with Crippen molar-refractivity contribution in [1.29, 1.82) is 5.26 Å². The van der Waals surface area contributed by atoms with Gasteiger partial charge in [0.25, 0.3) is 0 Å². The highest BCUT2D eigenvalue weighted by molar-refractivity contribution is 5.46. The van der Waals surface area contributed by atoms with E-state index in [4.69, 9.17) is 14.7 Å². The molecule has 0 radical (unpaired) electrons. The number of aryl methyl sites for hydroxylation is 1. The Hall–Kier alpha value is -2.48. The molecule has 5 heteroatoms. The maximum atomic E-state index is 8.86. The van der Waals surface area contributed by atoms with E-state index in [1.54, 1.807) is 31.5 Å². The van der Waals surface area contributed by atoms with Crippen molar-refractivity contribution in [3.05, 3.63) is 42.0 Å². The molecule has 0 amide bonds. The molecular formula is C14H15N3O2. The highest BCUT2D eigenvalue weighted by Crippen LogP contribution is 2.31. The molecule has 1 atom stereocenters. The van der Waals surface area contributed by atoms with Crippen LogP contribution in [0.1, 0.15) is 24.4 Å². The predicted molar refractivity (Wildman–Crippen MR) is 70.0 cm³/mol. The van der Waals surface area contributed by atoms with Crippen LogP contribution in [0.2, 0.25) is 0 Å². The van der Waals surface area contributed by atoms with Gasteiger partial charge in [-0.15, -0.1) is 0 Å². The second-order valence-corrected chi connectivity index (χ2v) is 4.13. The molecule has 0 saturated carbocycles. The van der Waals surface area contributed by atoms with Gasteiger partial charge < -0.3 is 14.0 Å². The van der Waals surface area contributed by atoms with Gasteiger partial charge in [-0.1, -0.05) is 0 Å². The molecule has 0 spiro atoms. The van der Waals surface area contributed by atoms with E-state index in [1.165, 1.54) is 0 Å². The molecule has 0 aliphatic carbocycles. The SMILES string of the molecule is COc1cc(C#N)ccc1OC(C)c1nccn1C. The second-order valence-electron chi connectivity index (χ2n) is 4.13. The first-order valence-corrected chi connectivity index (χ1v) is 5.87. The molecule has 98 valence electrons. The fourth-order valence-electron chi connectivity index (χ4n) is 1.85. The number of benzene rings is 1. The number of nitrogens with zero attached hydrogens (tertiary/aromatic N) is 3. The van der Waals surface area contributed by atoms with Crippen molar-refractivity contribution in [2.75, 3.05) is 7.11 Å². The number of nitriles is 1. The van der Waals surface area contributed by atoms with Gasteiger partial charge in [-0.2, -0.15) is 5.26 Å². The Balaban J connectivity index is 2.24. The number of rotatable bonds is 4. The third-order valence-electron chi connectivity index (χ3n) is 2.82. The standard InChI is InChI=1S/C14H15N3O2/c1-10(14-16-6-7-17(14)2)19-12-5-4-11(9-15)8-13(12)18-3/h4-8,10H,1-3H3. The lowest BCUT2D eigenvalue weighted by atomic mass is 10.2. The van der Waals surface area contributed by atoms with E-state index in [1.807, 2.05) is 24.7 Å². The summed E-state index contributed by atoms with van der Waals surface area (Å²) in [4.78, 5) is 4.25. The smallest absolute Gasteiger partial charge is 0.162 e. The van der Waals surface area contributed by atoms with Crippen LogP contribution < -0.4 is 9.47 Å². The molecule has 0 aliphatic rings. The van der Waals surface area contributed by atoms with Gasteiger partial charge in [-0.25, -0.2) is 4.98 Å². The minimum atomic E-state index is -0.207. The van der Waals surface area contributed by atoms with E-state index in [2.05, 4.69) is 11.1 Å². The zero-order valence-electron chi connectivity index (χ0n) is 11.1. The van der Waals surface area contributed by atoms with Gasteiger partial charge in [0.2, 0.25) is 0 Å². The van der Waals surface area contributed by atoms with Crippen molar-refractivity contribution in [2.45, 2.75) is 13.0 Å². The van der Waals surface area contributed by atoms with Crippen LogP contribution in [0.3, 0.4) is 0 Å². The average Bonchev–Trinajstić information content (AvgIpc) is 2.85. The van der Waals surface area contributed by atoms with Crippen molar-refractivity contribution < 1.29 is 9.47 Å². The zero-order chi connectivity index (χ0) is 13.8. The number of imidazole rings is 1. The monoisotopic (exact) mass is 257 g/mol. The molecule has 1 heterocycles. The maximum absolute atomic E-state index is 8.86. The van der Waals surface area contributed by atoms with Crippen molar-refractivity contribution >= 4 is 0 Å². The predicted octanol–water partition coefficient (Wildman–Crippen LogP) is 2.44. The molecule has 1 unspecified atom stereocenters. The summed E-state index contributed by atoms with van der Waals surface area (Å²) < 4.78 is 13.0. The molecule has 2 aromatic rings. The molecule has 0 bridgehead atoms. The molecule has 19 heavy (non-hydrogen) atoms. The zero-order valence-corrected chi connectivity index (χ0v) is 11.1. The summed E-state index contributed by atoms with van der Waals surface area (Å²) in [5.41, 5.74) is 0.536. The highest BCUT2D eigenvalue weighted by Gasteiger charge is 2.15. The van der Waals surface area contributed by atoms with E-state index in [9.17, 15) is 0 Å². The van der Waals surface area contributed by atoms with Crippen LogP contribution in [0.5, 0.6) is 11.5 Å². The Morgan fingerprint density at radius 3 is 2.74 bits per heavy atom. The summed E-state index contributed by atoms with van der Waals surface area (Å²) in [6, 6.07) is 7.15. The molecule has 5 nitrogen and oxygen atoms in total. The molecule has 0 N–H and O–H groups in total. The molecule has 0 aliphatic heterocycles. The molecular weight excluding hydrogens is 242 g/mol. The minimum absolute atomic E-state index is 0.207. The van der Waals surface area contributed by atoms with Gasteiger partial charge in [-0.05, 0) is 19.1 Å². The quantitative estimate of drug-likeness (QED) is 0.844. The average molecular weight is 257 g/mol. The summed E-state index contributed by atoms with van der Waals surface area (Å²) in [7, 11) is 3.47. The van der Waals surface area contributed by atoms with E-state index in [-0.39, 0.29) is 6.10 Å². The Kier molecular flexibility index (Phi) is 3.71. The summed E-state index contributed by atoms with van der Waals surface area (Å²) in [5.74, 6) is 1.96. The van der Waals surface area contributed by atoms with E-state index >= 15 is 0 Å². The Labute approximate surface area is 112 Å². The Bertz CT molecular complexity index is 613. The summed E-state index contributed by atoms with van der Waals surface area (Å²) in [5, 5.41) is 8.86. The third-order valence-corrected chi connectivity index (χ3v) is 2.82. The van der Waals surface area contributed by atoms with Crippen LogP contribution >= 0.6 is 0 Å². The summed E-state index contributed by atoms with van der Waals surface area (Å²) in [6.45, 7) is 1.92. The van der Waals surface area contributed by atoms with Crippen molar-refractivity contribution in [1.82, 2.24) is 9.55 Å². The van der Waals surface area contributed by atoms with Gasteiger partial charge in [0.1, 0.15) is 5.82 Å². The van der Waals surface area contributed by atoms with Gasteiger partial charge in [0.15, 0.2) is 17.6 Å². The van der Waals surface area contributed by atoms with Crippen LogP contribution in [-0.4, -0.2) is 16.7 Å². The Morgan fingerprint density at radius 1 is 1.37 bits per heavy atom. The van der Waals surface area contributed by atoms with Gasteiger partial charge in [-0.3, -0.25) is 0 Å². The highest BCUT2D eigenvalue weighted by atomic mass is 16.5. The molecule has 1 aromatic carbocycles. The fraction of sp³-hybridized carbons (Fsp3) is 0.286. The summed E-state index contributed by atoms with van der Waals surface area (Å²) >= 11 is 0. The van der Waals surface area contributed by atoms with Gasteiger partial charge >= 0.3 is 0 Å². The van der Waals surface area contributed by atoms with Crippen LogP contribution in [0.15, 0.2) is 30.6 Å². The lowest BCUT2D eigenvalue weighted by Crippen LogP contribution is -2.09.